The van der Waals surface area contributed by atoms with Crippen molar-refractivity contribution in [2.24, 2.45) is 10.9 Å². The van der Waals surface area contributed by atoms with Gasteiger partial charge >= 0.3 is 12.1 Å². The Morgan fingerprint density at radius 1 is 0.914 bits per heavy atom. The molecule has 1 aliphatic rings. The van der Waals surface area contributed by atoms with Gasteiger partial charge in [0.2, 0.25) is 0 Å². The Hall–Kier alpha value is -4.26. The maximum Gasteiger partial charge on any atom is 0.433 e. The van der Waals surface area contributed by atoms with E-state index in [9.17, 15) is 19.5 Å². The van der Waals surface area contributed by atoms with Gasteiger partial charge in [0.1, 0.15) is 12.4 Å². The molecular weight excluding hydrogens is 446 g/mol. The molecule has 178 valence electrons. The zero-order valence-corrected chi connectivity index (χ0v) is 19.2. The summed E-state index contributed by atoms with van der Waals surface area (Å²) in [5, 5.41) is 18.7. The predicted molar refractivity (Wildman–Crippen MR) is 131 cm³/mol. The number of fused-ring (bicyclic) bond motifs is 3. The molecule has 7 nitrogen and oxygen atoms in total. The van der Waals surface area contributed by atoms with Crippen LogP contribution in [0.5, 0.6) is 5.75 Å². The van der Waals surface area contributed by atoms with E-state index in [1.54, 1.807) is 12.1 Å². The molecule has 7 heteroatoms. The van der Waals surface area contributed by atoms with Gasteiger partial charge in [0.25, 0.3) is 0 Å². The van der Waals surface area contributed by atoms with E-state index < -0.39 is 23.8 Å². The van der Waals surface area contributed by atoms with Gasteiger partial charge < -0.3 is 14.9 Å². The SMILES string of the molecule is CC(CC(=O)C(Cc1ccc(O)cc1)=NC(=O)OCC1c2ccccc2-c2ccccc21)C(=O)O. The third kappa shape index (κ3) is 5.46. The van der Waals surface area contributed by atoms with E-state index in [0.29, 0.717) is 5.56 Å². The highest BCUT2D eigenvalue weighted by atomic mass is 16.5. The lowest BCUT2D eigenvalue weighted by molar-refractivity contribution is -0.142. The molecule has 0 fully saturated rings. The van der Waals surface area contributed by atoms with Gasteiger partial charge in [0, 0.05) is 18.8 Å². The first kappa shape index (κ1) is 23.9. The van der Waals surface area contributed by atoms with Crippen LogP contribution in [-0.2, 0) is 20.7 Å². The van der Waals surface area contributed by atoms with Crippen molar-refractivity contribution in [3.8, 4) is 16.9 Å². The molecule has 1 atom stereocenters. The molecule has 0 bridgehead atoms. The highest BCUT2D eigenvalue weighted by Crippen LogP contribution is 2.44. The summed E-state index contributed by atoms with van der Waals surface area (Å²) < 4.78 is 5.49. The summed E-state index contributed by atoms with van der Waals surface area (Å²) in [7, 11) is 0. The van der Waals surface area contributed by atoms with Gasteiger partial charge in [-0.05, 0) is 39.9 Å². The highest BCUT2D eigenvalue weighted by Gasteiger charge is 2.29. The second kappa shape index (κ2) is 10.3. The average molecular weight is 472 g/mol. The van der Waals surface area contributed by atoms with Gasteiger partial charge in [0.15, 0.2) is 5.78 Å². The molecule has 0 radical (unpaired) electrons. The largest absolute Gasteiger partial charge is 0.508 e. The minimum atomic E-state index is -1.11. The van der Waals surface area contributed by atoms with Crippen LogP contribution in [0.2, 0.25) is 0 Å². The van der Waals surface area contributed by atoms with E-state index in [1.165, 1.54) is 19.1 Å². The number of ether oxygens (including phenoxy) is 1. The Morgan fingerprint density at radius 3 is 2.06 bits per heavy atom. The number of aromatic hydroxyl groups is 1. The normalized spacial score (nSPS) is 13.6. The molecule has 0 saturated heterocycles. The lowest BCUT2D eigenvalue weighted by atomic mass is 9.98. The number of carboxylic acid groups (broad SMARTS) is 1. The van der Waals surface area contributed by atoms with Crippen LogP contribution < -0.4 is 0 Å². The number of phenols is 1. The number of aliphatic carboxylic acids is 1. The number of Topliss-reactive ketones (excluding diaryl/α,β-unsaturated/α-hetero) is 1. The molecule has 35 heavy (non-hydrogen) atoms. The second-order valence-corrected chi connectivity index (χ2v) is 8.57. The summed E-state index contributed by atoms with van der Waals surface area (Å²) in [4.78, 5) is 40.6. The van der Waals surface area contributed by atoms with Crippen molar-refractivity contribution in [1.29, 1.82) is 0 Å². The summed E-state index contributed by atoms with van der Waals surface area (Å²) in [6.07, 6.45) is -1.18. The Balaban J connectivity index is 1.53. The van der Waals surface area contributed by atoms with Crippen molar-refractivity contribution in [1.82, 2.24) is 0 Å². The number of phenolic OH excluding ortho intramolecular Hbond substituents is 1. The number of aliphatic imine (C=N–C) groups is 1. The summed E-state index contributed by atoms with van der Waals surface area (Å²) in [5.74, 6) is -2.65. The topological polar surface area (TPSA) is 113 Å². The van der Waals surface area contributed by atoms with Crippen LogP contribution in [0, 0.1) is 5.92 Å². The van der Waals surface area contributed by atoms with Gasteiger partial charge in [-0.15, -0.1) is 0 Å². The van der Waals surface area contributed by atoms with Crippen molar-refractivity contribution in [3.63, 3.8) is 0 Å². The van der Waals surface area contributed by atoms with Crippen LogP contribution in [0.15, 0.2) is 77.8 Å². The van der Waals surface area contributed by atoms with E-state index in [4.69, 9.17) is 9.84 Å². The number of nitrogens with zero attached hydrogens (tertiary/aromatic N) is 1. The van der Waals surface area contributed by atoms with E-state index in [2.05, 4.69) is 4.99 Å². The van der Waals surface area contributed by atoms with Crippen molar-refractivity contribution in [2.75, 3.05) is 6.61 Å². The van der Waals surface area contributed by atoms with E-state index >= 15 is 0 Å². The van der Waals surface area contributed by atoms with Gasteiger partial charge in [-0.3, -0.25) is 9.59 Å². The molecule has 0 aliphatic heterocycles. The van der Waals surface area contributed by atoms with Crippen LogP contribution in [0.25, 0.3) is 11.1 Å². The molecule has 1 amide bonds. The van der Waals surface area contributed by atoms with Crippen molar-refractivity contribution in [3.05, 3.63) is 89.5 Å². The zero-order chi connectivity index (χ0) is 24.9. The van der Waals surface area contributed by atoms with Crippen LogP contribution in [0.1, 0.15) is 36.0 Å². The third-order valence-electron chi connectivity index (χ3n) is 6.11. The van der Waals surface area contributed by atoms with Gasteiger partial charge in [-0.25, -0.2) is 4.79 Å². The zero-order valence-electron chi connectivity index (χ0n) is 19.2. The predicted octanol–water partition coefficient (Wildman–Crippen LogP) is 5.00. The van der Waals surface area contributed by atoms with E-state index in [-0.39, 0.29) is 36.8 Å². The summed E-state index contributed by atoms with van der Waals surface area (Å²) in [6, 6.07) is 22.0. The minimum absolute atomic E-state index is 0.00957. The quantitative estimate of drug-likeness (QED) is 0.447. The Kier molecular flexibility index (Phi) is 7.06. The van der Waals surface area contributed by atoms with Gasteiger partial charge in [0.05, 0.1) is 11.6 Å². The number of carboxylic acids is 1. The molecule has 3 aromatic rings. The number of rotatable bonds is 8. The second-order valence-electron chi connectivity index (χ2n) is 8.57. The van der Waals surface area contributed by atoms with Crippen LogP contribution in [0.4, 0.5) is 4.79 Å². The smallest absolute Gasteiger partial charge is 0.433 e. The lowest BCUT2D eigenvalue weighted by Crippen LogP contribution is -2.24. The monoisotopic (exact) mass is 471 g/mol. The van der Waals surface area contributed by atoms with Crippen LogP contribution in [0.3, 0.4) is 0 Å². The lowest BCUT2D eigenvalue weighted by Gasteiger charge is -2.13. The number of benzene rings is 3. The number of hydrogen-bond donors (Lipinski definition) is 2. The molecule has 0 aromatic heterocycles. The first-order valence-electron chi connectivity index (χ1n) is 11.3. The Morgan fingerprint density at radius 2 is 1.49 bits per heavy atom. The molecule has 1 aliphatic carbocycles. The number of carbonyl (C=O) groups excluding carboxylic acids is 2. The van der Waals surface area contributed by atoms with Crippen molar-refractivity contribution in [2.45, 2.75) is 25.7 Å². The maximum absolute atomic E-state index is 12.8. The summed E-state index contributed by atoms with van der Waals surface area (Å²) >= 11 is 0. The number of hydrogen-bond acceptors (Lipinski definition) is 5. The summed E-state index contributed by atoms with van der Waals surface area (Å²) in [5.41, 5.74) is 4.87. The highest BCUT2D eigenvalue weighted by molar-refractivity contribution is 6.41. The van der Waals surface area contributed by atoms with Crippen LogP contribution in [-0.4, -0.2) is 40.4 Å². The molecule has 0 saturated carbocycles. The first-order chi connectivity index (χ1) is 16.8. The van der Waals surface area contributed by atoms with Crippen LogP contribution >= 0.6 is 0 Å². The van der Waals surface area contributed by atoms with Crippen molar-refractivity contribution >= 4 is 23.6 Å². The Labute approximate surface area is 202 Å². The molecule has 4 rings (SSSR count). The molecule has 0 heterocycles. The third-order valence-corrected chi connectivity index (χ3v) is 6.11. The molecule has 1 unspecified atom stereocenters. The standard InChI is InChI=1S/C28H25NO6/c1-17(27(32)33)14-26(31)25(15-18-10-12-19(30)13-11-18)29-28(34)35-16-24-22-8-4-2-6-20(22)21-7-3-5-9-23(21)24/h2-13,17,24,30H,14-16H2,1H3,(H,32,33). The average Bonchev–Trinajstić information content (AvgIpc) is 3.17. The fraction of sp³-hybridized carbons (Fsp3) is 0.214. The Bertz CT molecular complexity index is 1250. The fourth-order valence-corrected chi connectivity index (χ4v) is 4.23. The number of carbonyl (C=O) groups is 3. The van der Waals surface area contributed by atoms with Gasteiger partial charge in [-0.2, -0.15) is 4.99 Å². The number of ketones is 1. The molecule has 3 aromatic carbocycles. The molecular formula is C28H25NO6. The minimum Gasteiger partial charge on any atom is -0.508 e. The summed E-state index contributed by atoms with van der Waals surface area (Å²) in [6.45, 7) is 1.48. The molecule has 2 N–H and O–H groups in total. The van der Waals surface area contributed by atoms with Crippen molar-refractivity contribution < 1.29 is 29.3 Å². The number of amides is 1. The van der Waals surface area contributed by atoms with Gasteiger partial charge in [-0.1, -0.05) is 67.6 Å². The van der Waals surface area contributed by atoms with E-state index in [0.717, 1.165) is 22.3 Å². The fourth-order valence-electron chi connectivity index (χ4n) is 4.23. The van der Waals surface area contributed by atoms with E-state index in [1.807, 2.05) is 48.5 Å². The first-order valence-corrected chi connectivity index (χ1v) is 11.3. The molecule has 0 spiro atoms. The maximum atomic E-state index is 12.8.